The summed E-state index contributed by atoms with van der Waals surface area (Å²) in [6.07, 6.45) is 1.61. The number of hydrogen-bond donors (Lipinski definition) is 3. The van der Waals surface area contributed by atoms with Crippen molar-refractivity contribution < 1.29 is 14.4 Å². The van der Waals surface area contributed by atoms with Crippen LogP contribution in [-0.4, -0.2) is 15.6 Å². The fraction of sp³-hybridized carbons (Fsp3) is 1.00. The van der Waals surface area contributed by atoms with Crippen molar-refractivity contribution in [2.24, 2.45) is 23.0 Å². The van der Waals surface area contributed by atoms with E-state index in [9.17, 15) is 4.57 Å². The van der Waals surface area contributed by atoms with E-state index in [0.717, 1.165) is 12.8 Å². The minimum Gasteiger partial charge on any atom is -0.323 e. The first-order valence-corrected chi connectivity index (χ1v) is 6.66. The lowest BCUT2D eigenvalue weighted by molar-refractivity contribution is 0.255. The van der Waals surface area contributed by atoms with Gasteiger partial charge in [0.15, 0.2) is 0 Å². The Morgan fingerprint density at radius 2 is 1.71 bits per heavy atom. The molecule has 0 saturated heterocycles. The average Bonchev–Trinajstić information content (AvgIpc) is 2.24. The van der Waals surface area contributed by atoms with Crippen molar-refractivity contribution in [3.8, 4) is 0 Å². The molecule has 1 aliphatic carbocycles. The maximum atomic E-state index is 11.1. The summed E-state index contributed by atoms with van der Waals surface area (Å²) >= 11 is 0. The lowest BCUT2D eigenvalue weighted by atomic mass is 9.87. The molecule has 1 saturated carbocycles. The third kappa shape index (κ3) is 2.19. The van der Waals surface area contributed by atoms with Gasteiger partial charge in [-0.25, -0.2) is 0 Å². The Bertz CT molecular complexity index is 253. The van der Waals surface area contributed by atoms with E-state index in [-0.39, 0.29) is 0 Å². The van der Waals surface area contributed by atoms with E-state index in [1.165, 1.54) is 0 Å². The SMILES string of the molecule is CC1CC(C)(C(N)P(=O)(O)O)CC1C. The lowest BCUT2D eigenvalue weighted by Gasteiger charge is -2.31. The van der Waals surface area contributed by atoms with Gasteiger partial charge in [0.05, 0.1) is 0 Å². The maximum Gasteiger partial charge on any atom is 0.342 e. The molecule has 0 aliphatic heterocycles. The summed E-state index contributed by atoms with van der Waals surface area (Å²) in [6.45, 7) is 6.11. The summed E-state index contributed by atoms with van der Waals surface area (Å²) in [7, 11) is -4.15. The normalized spacial score (nSPS) is 41.3. The average molecular weight is 221 g/mol. The maximum absolute atomic E-state index is 11.1. The van der Waals surface area contributed by atoms with Gasteiger partial charge >= 0.3 is 7.60 Å². The van der Waals surface area contributed by atoms with Crippen LogP contribution in [0.2, 0.25) is 0 Å². The molecule has 3 atom stereocenters. The molecule has 0 aromatic heterocycles. The zero-order valence-corrected chi connectivity index (χ0v) is 9.87. The molecule has 0 amide bonds. The van der Waals surface area contributed by atoms with Gasteiger partial charge in [-0.2, -0.15) is 0 Å². The lowest BCUT2D eigenvalue weighted by Crippen LogP contribution is -2.37. The number of nitrogens with two attached hydrogens (primary N) is 1. The molecule has 0 radical (unpaired) electrons. The van der Waals surface area contributed by atoms with Crippen LogP contribution in [0, 0.1) is 17.3 Å². The molecule has 3 unspecified atom stereocenters. The Hall–Kier alpha value is 0.110. The first kappa shape index (κ1) is 12.2. The van der Waals surface area contributed by atoms with Gasteiger partial charge in [-0.15, -0.1) is 0 Å². The van der Waals surface area contributed by atoms with Gasteiger partial charge in [-0.3, -0.25) is 4.57 Å². The van der Waals surface area contributed by atoms with Crippen molar-refractivity contribution >= 4 is 7.60 Å². The zero-order chi connectivity index (χ0) is 11.1. The van der Waals surface area contributed by atoms with Crippen LogP contribution in [0.25, 0.3) is 0 Å². The molecule has 1 fully saturated rings. The van der Waals surface area contributed by atoms with Crippen LogP contribution in [0.3, 0.4) is 0 Å². The predicted molar refractivity (Wildman–Crippen MR) is 55.7 cm³/mol. The Morgan fingerprint density at radius 3 is 2.00 bits per heavy atom. The predicted octanol–water partition coefficient (Wildman–Crippen LogP) is 1.52. The van der Waals surface area contributed by atoms with E-state index in [4.69, 9.17) is 15.5 Å². The second-order valence-corrected chi connectivity index (χ2v) is 6.79. The Kier molecular flexibility index (Phi) is 3.13. The van der Waals surface area contributed by atoms with E-state index >= 15 is 0 Å². The van der Waals surface area contributed by atoms with Gasteiger partial charge in [0.2, 0.25) is 0 Å². The molecule has 14 heavy (non-hydrogen) atoms. The first-order valence-electron chi connectivity index (χ1n) is 4.97. The van der Waals surface area contributed by atoms with Crippen molar-refractivity contribution in [3.63, 3.8) is 0 Å². The second kappa shape index (κ2) is 3.60. The quantitative estimate of drug-likeness (QED) is 0.617. The molecule has 0 aromatic rings. The van der Waals surface area contributed by atoms with E-state index < -0.39 is 18.8 Å². The topological polar surface area (TPSA) is 83.6 Å². The van der Waals surface area contributed by atoms with Crippen LogP contribution in [-0.2, 0) is 4.57 Å². The Balaban J connectivity index is 2.83. The highest BCUT2D eigenvalue weighted by Crippen LogP contribution is 2.56. The fourth-order valence-electron chi connectivity index (χ4n) is 2.60. The Morgan fingerprint density at radius 1 is 1.36 bits per heavy atom. The third-order valence-electron chi connectivity index (χ3n) is 3.62. The molecule has 1 rings (SSSR count). The van der Waals surface area contributed by atoms with Crippen molar-refractivity contribution in [1.29, 1.82) is 0 Å². The van der Waals surface area contributed by atoms with E-state index in [1.807, 2.05) is 6.92 Å². The number of hydrogen-bond acceptors (Lipinski definition) is 2. The monoisotopic (exact) mass is 221 g/mol. The molecule has 5 heteroatoms. The van der Waals surface area contributed by atoms with E-state index in [2.05, 4.69) is 13.8 Å². The summed E-state index contributed by atoms with van der Waals surface area (Å²) < 4.78 is 11.1. The van der Waals surface area contributed by atoms with Crippen LogP contribution in [0.4, 0.5) is 0 Å². The molecule has 84 valence electrons. The number of rotatable bonds is 2. The van der Waals surface area contributed by atoms with E-state index in [0.29, 0.717) is 11.8 Å². The molecule has 1 aliphatic rings. The van der Waals surface area contributed by atoms with Crippen LogP contribution in [0.5, 0.6) is 0 Å². The van der Waals surface area contributed by atoms with Gasteiger partial charge in [0.1, 0.15) is 5.78 Å². The smallest absolute Gasteiger partial charge is 0.323 e. The largest absolute Gasteiger partial charge is 0.342 e. The zero-order valence-electron chi connectivity index (χ0n) is 8.97. The van der Waals surface area contributed by atoms with Crippen molar-refractivity contribution in [2.75, 3.05) is 0 Å². The second-order valence-electron chi connectivity index (χ2n) is 5.05. The Labute approximate surface area is 85.0 Å². The molecule has 4 N–H and O–H groups in total. The molecule has 0 bridgehead atoms. The summed E-state index contributed by atoms with van der Waals surface area (Å²) in [6, 6.07) is 0. The van der Waals surface area contributed by atoms with Gasteiger partial charge < -0.3 is 15.5 Å². The molecular formula is C9H20NO3P. The minimum absolute atomic E-state index is 0.405. The van der Waals surface area contributed by atoms with Crippen LogP contribution in [0.15, 0.2) is 0 Å². The van der Waals surface area contributed by atoms with Gasteiger partial charge in [-0.1, -0.05) is 20.8 Å². The van der Waals surface area contributed by atoms with Crippen molar-refractivity contribution in [1.82, 2.24) is 0 Å². The highest BCUT2D eigenvalue weighted by Gasteiger charge is 2.48. The van der Waals surface area contributed by atoms with Crippen molar-refractivity contribution in [2.45, 2.75) is 39.4 Å². The summed E-state index contributed by atoms with van der Waals surface area (Å²) in [4.78, 5) is 18.1. The van der Waals surface area contributed by atoms with Crippen LogP contribution in [0.1, 0.15) is 33.6 Å². The fourth-order valence-corrected chi connectivity index (χ4v) is 3.63. The highest BCUT2D eigenvalue weighted by atomic mass is 31.2. The van der Waals surface area contributed by atoms with E-state index in [1.54, 1.807) is 0 Å². The molecular weight excluding hydrogens is 201 g/mol. The van der Waals surface area contributed by atoms with Crippen molar-refractivity contribution in [3.05, 3.63) is 0 Å². The van der Waals surface area contributed by atoms with Crippen LogP contribution < -0.4 is 5.73 Å². The summed E-state index contributed by atoms with van der Waals surface area (Å²) in [5, 5.41) is 0. The third-order valence-corrected chi connectivity index (χ3v) is 4.97. The molecule has 0 heterocycles. The van der Waals surface area contributed by atoms with Crippen LogP contribution >= 0.6 is 7.60 Å². The van der Waals surface area contributed by atoms with Gasteiger partial charge in [0.25, 0.3) is 0 Å². The first-order chi connectivity index (χ1) is 6.17. The molecule has 4 nitrogen and oxygen atoms in total. The standard InChI is InChI=1S/C9H20NO3P/c1-6-4-9(3,5-7(6)2)8(10)14(11,12)13/h6-8H,4-5,10H2,1-3H3,(H2,11,12,13). The summed E-state index contributed by atoms with van der Waals surface area (Å²) in [5.41, 5.74) is 5.25. The molecule has 0 aromatic carbocycles. The van der Waals surface area contributed by atoms with Gasteiger partial charge in [-0.05, 0) is 30.1 Å². The highest BCUT2D eigenvalue weighted by molar-refractivity contribution is 7.52. The minimum atomic E-state index is -4.15. The summed E-state index contributed by atoms with van der Waals surface area (Å²) in [5.74, 6) is -0.0161. The molecule has 0 spiro atoms. The van der Waals surface area contributed by atoms with Gasteiger partial charge in [0, 0.05) is 0 Å².